The number of benzene rings is 1. The number of amides is 2. The molecule has 2 saturated heterocycles. The fraction of sp³-hybridized carbons (Fsp3) is 0.529. The number of anilines is 1. The normalized spacial score (nSPS) is 20.6. The molecule has 2 amide bonds. The van der Waals surface area contributed by atoms with Gasteiger partial charge in [-0.15, -0.1) is 0 Å². The third-order valence-corrected chi connectivity index (χ3v) is 4.19. The molecule has 0 spiro atoms. The van der Waals surface area contributed by atoms with Crippen molar-refractivity contribution in [3.8, 4) is 0 Å². The Kier molecular flexibility index (Phi) is 5.12. The molecule has 0 radical (unpaired) electrons. The molecule has 2 aliphatic heterocycles. The molecular formula is C17H22N2O4. The van der Waals surface area contributed by atoms with Gasteiger partial charge in [0.15, 0.2) is 0 Å². The van der Waals surface area contributed by atoms with Gasteiger partial charge in [0.1, 0.15) is 6.61 Å². The second kappa shape index (κ2) is 7.46. The van der Waals surface area contributed by atoms with Crippen LogP contribution >= 0.6 is 0 Å². The van der Waals surface area contributed by atoms with Gasteiger partial charge < -0.3 is 14.8 Å². The quantitative estimate of drug-likeness (QED) is 0.873. The van der Waals surface area contributed by atoms with Gasteiger partial charge in [-0.05, 0) is 37.0 Å². The zero-order valence-electron chi connectivity index (χ0n) is 13.1. The second-order valence-electron chi connectivity index (χ2n) is 5.89. The standard InChI is InChI=1S/C17H22N2O4/c20-16(7-6-15-5-2-9-22-15)18-12-13-3-1-4-14(11-13)19-8-10-23-17(19)21/h1,3-4,11,15H,2,5-10,12H2,(H,18,20). The topological polar surface area (TPSA) is 67.9 Å². The van der Waals surface area contributed by atoms with Crippen molar-refractivity contribution in [3.05, 3.63) is 29.8 Å². The Morgan fingerprint density at radius 1 is 1.35 bits per heavy atom. The van der Waals surface area contributed by atoms with Crippen LogP contribution < -0.4 is 10.2 Å². The number of nitrogens with zero attached hydrogens (tertiary/aromatic N) is 1. The van der Waals surface area contributed by atoms with Gasteiger partial charge in [-0.25, -0.2) is 4.79 Å². The number of cyclic esters (lactones) is 1. The Morgan fingerprint density at radius 3 is 3.00 bits per heavy atom. The molecule has 124 valence electrons. The van der Waals surface area contributed by atoms with Crippen LogP contribution in [-0.4, -0.2) is 37.9 Å². The van der Waals surface area contributed by atoms with Crippen LogP contribution in [0.1, 0.15) is 31.2 Å². The maximum Gasteiger partial charge on any atom is 0.414 e. The van der Waals surface area contributed by atoms with Crippen LogP contribution in [0.5, 0.6) is 0 Å². The van der Waals surface area contributed by atoms with Gasteiger partial charge in [0.25, 0.3) is 0 Å². The molecule has 3 rings (SSSR count). The van der Waals surface area contributed by atoms with Crippen molar-refractivity contribution in [2.45, 2.75) is 38.3 Å². The molecule has 23 heavy (non-hydrogen) atoms. The predicted octanol–water partition coefficient (Wildman–Crippen LogP) is 2.22. The Morgan fingerprint density at radius 2 is 2.26 bits per heavy atom. The largest absolute Gasteiger partial charge is 0.447 e. The minimum absolute atomic E-state index is 0.0338. The second-order valence-corrected chi connectivity index (χ2v) is 5.89. The monoisotopic (exact) mass is 318 g/mol. The summed E-state index contributed by atoms with van der Waals surface area (Å²) in [5.74, 6) is 0.0338. The van der Waals surface area contributed by atoms with E-state index in [2.05, 4.69) is 5.32 Å². The van der Waals surface area contributed by atoms with Crippen LogP contribution in [0.15, 0.2) is 24.3 Å². The zero-order chi connectivity index (χ0) is 16.1. The van der Waals surface area contributed by atoms with Gasteiger partial charge in [0.05, 0.1) is 12.6 Å². The molecule has 2 aliphatic rings. The van der Waals surface area contributed by atoms with Crippen LogP contribution in [-0.2, 0) is 20.8 Å². The molecule has 6 nitrogen and oxygen atoms in total. The van der Waals surface area contributed by atoms with Gasteiger partial charge in [0, 0.05) is 25.3 Å². The van der Waals surface area contributed by atoms with Crippen molar-refractivity contribution in [2.75, 3.05) is 24.7 Å². The Hall–Kier alpha value is -2.08. The number of hydrogen-bond acceptors (Lipinski definition) is 4. The minimum Gasteiger partial charge on any atom is -0.447 e. The third kappa shape index (κ3) is 4.22. The smallest absolute Gasteiger partial charge is 0.414 e. The highest BCUT2D eigenvalue weighted by atomic mass is 16.6. The minimum atomic E-state index is -0.317. The van der Waals surface area contributed by atoms with Crippen LogP contribution in [0.4, 0.5) is 10.5 Å². The fourth-order valence-corrected chi connectivity index (χ4v) is 2.92. The lowest BCUT2D eigenvalue weighted by Gasteiger charge is -2.14. The lowest BCUT2D eigenvalue weighted by molar-refractivity contribution is -0.121. The van der Waals surface area contributed by atoms with E-state index >= 15 is 0 Å². The summed E-state index contributed by atoms with van der Waals surface area (Å²) in [6.45, 7) is 2.26. The molecule has 0 saturated carbocycles. The summed E-state index contributed by atoms with van der Waals surface area (Å²) >= 11 is 0. The predicted molar refractivity (Wildman–Crippen MR) is 85.2 cm³/mol. The first kappa shape index (κ1) is 15.8. The van der Waals surface area contributed by atoms with Crippen LogP contribution in [0.3, 0.4) is 0 Å². The molecule has 1 atom stereocenters. The highest BCUT2D eigenvalue weighted by Gasteiger charge is 2.23. The van der Waals surface area contributed by atoms with Crippen molar-refractivity contribution >= 4 is 17.7 Å². The maximum absolute atomic E-state index is 11.9. The Labute approximate surface area is 135 Å². The highest BCUT2D eigenvalue weighted by Crippen LogP contribution is 2.20. The van der Waals surface area contributed by atoms with E-state index in [9.17, 15) is 9.59 Å². The van der Waals surface area contributed by atoms with Crippen molar-refractivity contribution in [1.29, 1.82) is 0 Å². The zero-order valence-corrected chi connectivity index (χ0v) is 13.1. The Balaban J connectivity index is 1.47. The SMILES string of the molecule is O=C(CCC1CCCO1)NCc1cccc(N2CCOC2=O)c1. The molecule has 0 bridgehead atoms. The molecule has 0 aromatic heterocycles. The van der Waals surface area contributed by atoms with Crippen LogP contribution in [0, 0.1) is 0 Å². The van der Waals surface area contributed by atoms with Crippen molar-refractivity contribution in [3.63, 3.8) is 0 Å². The summed E-state index contributed by atoms with van der Waals surface area (Å²) in [6, 6.07) is 7.60. The van der Waals surface area contributed by atoms with Crippen LogP contribution in [0.2, 0.25) is 0 Å². The lowest BCUT2D eigenvalue weighted by Crippen LogP contribution is -2.25. The Bertz CT molecular complexity index is 569. The molecule has 6 heteroatoms. The summed E-state index contributed by atoms with van der Waals surface area (Å²) in [7, 11) is 0. The van der Waals surface area contributed by atoms with E-state index in [1.807, 2.05) is 24.3 Å². The van der Waals surface area contributed by atoms with E-state index in [4.69, 9.17) is 9.47 Å². The molecule has 0 aliphatic carbocycles. The summed E-state index contributed by atoms with van der Waals surface area (Å²) in [5.41, 5.74) is 1.77. The first-order valence-electron chi connectivity index (χ1n) is 8.14. The van der Waals surface area contributed by atoms with E-state index in [1.54, 1.807) is 4.90 Å². The highest BCUT2D eigenvalue weighted by molar-refractivity contribution is 5.89. The van der Waals surface area contributed by atoms with E-state index < -0.39 is 0 Å². The van der Waals surface area contributed by atoms with Gasteiger partial charge in [-0.3, -0.25) is 9.69 Å². The molecule has 1 aromatic rings. The summed E-state index contributed by atoms with van der Waals surface area (Å²) < 4.78 is 10.5. The molecular weight excluding hydrogens is 296 g/mol. The van der Waals surface area contributed by atoms with Crippen molar-refractivity contribution < 1.29 is 19.1 Å². The number of nitrogens with one attached hydrogen (secondary N) is 1. The average Bonchev–Trinajstić information content (AvgIpc) is 3.22. The van der Waals surface area contributed by atoms with Crippen LogP contribution in [0.25, 0.3) is 0 Å². The molecule has 2 heterocycles. The number of rotatable bonds is 6. The number of carbonyl (C=O) groups excluding carboxylic acids is 2. The van der Waals surface area contributed by atoms with E-state index in [0.29, 0.717) is 26.1 Å². The first-order chi connectivity index (χ1) is 11.2. The van der Waals surface area contributed by atoms with E-state index in [1.165, 1.54) is 0 Å². The first-order valence-corrected chi connectivity index (χ1v) is 8.14. The maximum atomic E-state index is 11.9. The van der Waals surface area contributed by atoms with Crippen molar-refractivity contribution in [2.24, 2.45) is 0 Å². The molecule has 1 aromatic carbocycles. The van der Waals surface area contributed by atoms with Crippen molar-refractivity contribution in [1.82, 2.24) is 5.32 Å². The molecule has 2 fully saturated rings. The number of ether oxygens (including phenoxy) is 2. The summed E-state index contributed by atoms with van der Waals surface area (Å²) in [6.07, 6.45) is 3.35. The van der Waals surface area contributed by atoms with Gasteiger partial charge >= 0.3 is 6.09 Å². The van der Waals surface area contributed by atoms with Gasteiger partial charge in [-0.2, -0.15) is 0 Å². The number of carbonyl (C=O) groups is 2. The lowest BCUT2D eigenvalue weighted by atomic mass is 10.1. The third-order valence-electron chi connectivity index (χ3n) is 4.19. The van der Waals surface area contributed by atoms with Gasteiger partial charge in [-0.1, -0.05) is 12.1 Å². The number of hydrogen-bond donors (Lipinski definition) is 1. The van der Waals surface area contributed by atoms with E-state index in [0.717, 1.165) is 37.1 Å². The van der Waals surface area contributed by atoms with Gasteiger partial charge in [0.2, 0.25) is 5.91 Å². The summed E-state index contributed by atoms with van der Waals surface area (Å²) in [4.78, 5) is 25.1. The van der Waals surface area contributed by atoms with E-state index in [-0.39, 0.29) is 18.1 Å². The fourth-order valence-electron chi connectivity index (χ4n) is 2.92. The molecule has 1 N–H and O–H groups in total. The average molecular weight is 318 g/mol. The summed E-state index contributed by atoms with van der Waals surface area (Å²) in [5, 5.41) is 2.92. The molecule has 1 unspecified atom stereocenters.